The molecule has 0 aliphatic rings. The lowest BCUT2D eigenvalue weighted by atomic mass is 10.2. The Balaban J connectivity index is 2.97. The number of aliphatic hydroxyl groups excluding tert-OH is 1. The number of nitrogens with zero attached hydrogens (tertiary/aromatic N) is 3. The zero-order chi connectivity index (χ0) is 14.3. The lowest BCUT2D eigenvalue weighted by Gasteiger charge is -2.15. The molecule has 1 rings (SSSR count). The summed E-state index contributed by atoms with van der Waals surface area (Å²) in [5.74, 6) is 0.460. The number of aliphatic hydroxyl groups is 1. The molecular weight excluding hydrogens is 250 g/mol. The van der Waals surface area contributed by atoms with Crippen molar-refractivity contribution in [3.8, 4) is 0 Å². The minimum atomic E-state index is -0.546. The predicted molar refractivity (Wildman–Crippen MR) is 72.3 cm³/mol. The van der Waals surface area contributed by atoms with Gasteiger partial charge in [-0.25, -0.2) is 4.98 Å². The maximum absolute atomic E-state index is 10.9. The van der Waals surface area contributed by atoms with Gasteiger partial charge in [-0.1, -0.05) is 13.8 Å². The minimum absolute atomic E-state index is 0.116. The van der Waals surface area contributed by atoms with Crippen LogP contribution in [0.1, 0.15) is 26.7 Å². The van der Waals surface area contributed by atoms with Crippen LogP contribution in [-0.4, -0.2) is 39.2 Å². The van der Waals surface area contributed by atoms with Crippen molar-refractivity contribution in [2.75, 3.05) is 23.8 Å². The molecule has 1 aromatic heterocycles. The maximum atomic E-state index is 10.9. The van der Waals surface area contributed by atoms with E-state index in [1.54, 1.807) is 0 Å². The maximum Gasteiger partial charge on any atom is 0.329 e. The van der Waals surface area contributed by atoms with E-state index in [2.05, 4.69) is 20.6 Å². The Morgan fingerprint density at radius 3 is 2.79 bits per heavy atom. The third kappa shape index (κ3) is 4.32. The molecule has 0 aliphatic heterocycles. The summed E-state index contributed by atoms with van der Waals surface area (Å²) in [7, 11) is 0. The molecule has 3 N–H and O–H groups in total. The van der Waals surface area contributed by atoms with Crippen molar-refractivity contribution in [3.63, 3.8) is 0 Å². The molecule has 0 radical (unpaired) electrons. The van der Waals surface area contributed by atoms with Gasteiger partial charge < -0.3 is 15.7 Å². The van der Waals surface area contributed by atoms with Crippen LogP contribution in [-0.2, 0) is 0 Å². The Hall–Kier alpha value is -1.96. The summed E-state index contributed by atoms with van der Waals surface area (Å²) in [5, 5.41) is 25.9. The number of nitro groups is 1. The molecule has 1 unspecified atom stereocenters. The van der Waals surface area contributed by atoms with Crippen molar-refractivity contribution in [3.05, 3.63) is 16.3 Å². The first-order chi connectivity index (χ1) is 9.12. The normalized spacial score (nSPS) is 11.9. The third-order valence-electron chi connectivity index (χ3n) is 2.55. The van der Waals surface area contributed by atoms with Crippen LogP contribution in [0.15, 0.2) is 6.20 Å². The van der Waals surface area contributed by atoms with Crippen LogP contribution in [0.4, 0.5) is 17.5 Å². The van der Waals surface area contributed by atoms with E-state index in [0.717, 1.165) is 12.6 Å². The summed E-state index contributed by atoms with van der Waals surface area (Å²) >= 11 is 0. The zero-order valence-corrected chi connectivity index (χ0v) is 11.1. The lowest BCUT2D eigenvalue weighted by molar-refractivity contribution is -0.384. The molecular formula is C11H19N5O3. The van der Waals surface area contributed by atoms with E-state index in [-0.39, 0.29) is 24.2 Å². The molecule has 1 aromatic rings. The fourth-order valence-electron chi connectivity index (χ4n) is 1.41. The molecule has 8 nitrogen and oxygen atoms in total. The van der Waals surface area contributed by atoms with Gasteiger partial charge in [-0.3, -0.25) is 10.1 Å². The summed E-state index contributed by atoms with van der Waals surface area (Å²) in [5.41, 5.74) is -0.200. The van der Waals surface area contributed by atoms with Gasteiger partial charge in [0.05, 0.1) is 17.6 Å². The number of hydrogen-bond donors (Lipinski definition) is 3. The molecule has 19 heavy (non-hydrogen) atoms. The van der Waals surface area contributed by atoms with E-state index < -0.39 is 4.92 Å². The second kappa shape index (κ2) is 7.47. The largest absolute Gasteiger partial charge is 0.394 e. The first-order valence-corrected chi connectivity index (χ1v) is 6.25. The molecule has 0 aromatic carbocycles. The van der Waals surface area contributed by atoms with Gasteiger partial charge in [0.1, 0.15) is 6.20 Å². The van der Waals surface area contributed by atoms with E-state index >= 15 is 0 Å². The van der Waals surface area contributed by atoms with Crippen molar-refractivity contribution in [2.24, 2.45) is 0 Å². The SMILES string of the molecule is CCCNc1ncc([N+](=O)[O-])c(NC(CC)CO)n1. The predicted octanol–water partition coefficient (Wildman–Crippen LogP) is 1.39. The molecule has 1 atom stereocenters. The van der Waals surface area contributed by atoms with Crippen LogP contribution in [0.2, 0.25) is 0 Å². The second-order valence-electron chi connectivity index (χ2n) is 4.04. The number of rotatable bonds is 8. The third-order valence-corrected chi connectivity index (χ3v) is 2.55. The molecule has 0 spiro atoms. The van der Waals surface area contributed by atoms with Crippen LogP contribution >= 0.6 is 0 Å². The van der Waals surface area contributed by atoms with E-state index in [0.29, 0.717) is 18.9 Å². The molecule has 0 saturated carbocycles. The Bertz CT molecular complexity index is 423. The van der Waals surface area contributed by atoms with Gasteiger partial charge in [-0.15, -0.1) is 0 Å². The van der Waals surface area contributed by atoms with Crippen molar-refractivity contribution in [1.29, 1.82) is 0 Å². The van der Waals surface area contributed by atoms with Crippen molar-refractivity contribution in [2.45, 2.75) is 32.7 Å². The fraction of sp³-hybridized carbons (Fsp3) is 0.636. The summed E-state index contributed by atoms with van der Waals surface area (Å²) in [6.07, 6.45) is 2.70. The Labute approximate surface area is 111 Å². The topological polar surface area (TPSA) is 113 Å². The summed E-state index contributed by atoms with van der Waals surface area (Å²) in [4.78, 5) is 18.3. The minimum Gasteiger partial charge on any atom is -0.394 e. The molecule has 8 heteroatoms. The van der Waals surface area contributed by atoms with Crippen LogP contribution in [0, 0.1) is 10.1 Å². The molecule has 0 bridgehead atoms. The van der Waals surface area contributed by atoms with Gasteiger partial charge >= 0.3 is 5.69 Å². The highest BCUT2D eigenvalue weighted by Crippen LogP contribution is 2.23. The highest BCUT2D eigenvalue weighted by atomic mass is 16.6. The van der Waals surface area contributed by atoms with E-state index in [1.165, 1.54) is 0 Å². The Morgan fingerprint density at radius 2 is 2.26 bits per heavy atom. The van der Waals surface area contributed by atoms with Crippen molar-refractivity contribution < 1.29 is 10.0 Å². The monoisotopic (exact) mass is 269 g/mol. The number of hydrogen-bond acceptors (Lipinski definition) is 7. The smallest absolute Gasteiger partial charge is 0.329 e. The quantitative estimate of drug-likeness (QED) is 0.482. The first kappa shape index (κ1) is 15.1. The van der Waals surface area contributed by atoms with Gasteiger partial charge in [0, 0.05) is 6.54 Å². The van der Waals surface area contributed by atoms with Gasteiger partial charge in [0.25, 0.3) is 0 Å². The average Bonchev–Trinajstić information content (AvgIpc) is 2.42. The molecule has 0 amide bonds. The molecule has 0 saturated heterocycles. The van der Waals surface area contributed by atoms with Gasteiger partial charge in [-0.2, -0.15) is 4.98 Å². The highest BCUT2D eigenvalue weighted by molar-refractivity contribution is 5.57. The summed E-state index contributed by atoms with van der Waals surface area (Å²) < 4.78 is 0. The van der Waals surface area contributed by atoms with Crippen LogP contribution in [0.5, 0.6) is 0 Å². The Morgan fingerprint density at radius 1 is 1.53 bits per heavy atom. The second-order valence-corrected chi connectivity index (χ2v) is 4.04. The molecule has 0 fully saturated rings. The van der Waals surface area contributed by atoms with Gasteiger partial charge in [0.2, 0.25) is 11.8 Å². The fourth-order valence-corrected chi connectivity index (χ4v) is 1.41. The molecule has 106 valence electrons. The standard InChI is InChI=1S/C11H19N5O3/c1-3-5-12-11-13-6-9(16(18)19)10(15-11)14-8(4-2)7-17/h6,8,17H,3-5,7H2,1-2H3,(H2,12,13,14,15). The van der Waals surface area contributed by atoms with Gasteiger partial charge in [0.15, 0.2) is 0 Å². The van der Waals surface area contributed by atoms with E-state index in [4.69, 9.17) is 5.11 Å². The average molecular weight is 269 g/mol. The molecule has 0 aliphatic carbocycles. The summed E-state index contributed by atoms with van der Waals surface area (Å²) in [6.45, 7) is 4.44. The number of anilines is 2. The highest BCUT2D eigenvalue weighted by Gasteiger charge is 2.19. The summed E-state index contributed by atoms with van der Waals surface area (Å²) in [6, 6.07) is -0.271. The van der Waals surface area contributed by atoms with Gasteiger partial charge in [-0.05, 0) is 12.8 Å². The van der Waals surface area contributed by atoms with E-state index in [1.807, 2.05) is 13.8 Å². The van der Waals surface area contributed by atoms with Crippen LogP contribution in [0.25, 0.3) is 0 Å². The first-order valence-electron chi connectivity index (χ1n) is 6.25. The zero-order valence-electron chi connectivity index (χ0n) is 11.1. The van der Waals surface area contributed by atoms with Crippen molar-refractivity contribution >= 4 is 17.5 Å². The number of nitrogens with one attached hydrogen (secondary N) is 2. The lowest BCUT2D eigenvalue weighted by Crippen LogP contribution is -2.24. The molecule has 1 heterocycles. The number of aromatic nitrogens is 2. The van der Waals surface area contributed by atoms with Crippen LogP contribution < -0.4 is 10.6 Å². The Kier molecular flexibility index (Phi) is 5.94. The van der Waals surface area contributed by atoms with Crippen molar-refractivity contribution in [1.82, 2.24) is 9.97 Å². The van der Waals surface area contributed by atoms with E-state index in [9.17, 15) is 10.1 Å². The van der Waals surface area contributed by atoms with Crippen LogP contribution in [0.3, 0.4) is 0 Å².